The predicted octanol–water partition coefficient (Wildman–Crippen LogP) is 5.74. The summed E-state index contributed by atoms with van der Waals surface area (Å²) in [6.45, 7) is 11.8. The molecule has 2 aliphatic rings. The molecule has 0 aromatic carbocycles. The summed E-state index contributed by atoms with van der Waals surface area (Å²) in [7, 11) is 0. The zero-order valence-electron chi connectivity index (χ0n) is 27.0. The van der Waals surface area contributed by atoms with Crippen LogP contribution in [0.1, 0.15) is 68.2 Å². The maximum Gasteiger partial charge on any atom is 0.407 e. The van der Waals surface area contributed by atoms with E-state index < -0.39 is 30.4 Å². The van der Waals surface area contributed by atoms with Crippen LogP contribution in [0.5, 0.6) is 0 Å². The highest BCUT2D eigenvalue weighted by molar-refractivity contribution is 5.94. The number of amides is 1. The maximum atomic E-state index is 13.9. The number of alkyl halides is 3. The molecule has 250 valence electrons. The number of fused-ring (bicyclic) bond motifs is 1. The number of pyridine rings is 2. The maximum absolute atomic E-state index is 13.9. The number of hydrogen-bond donors (Lipinski definition) is 2. The van der Waals surface area contributed by atoms with Crippen LogP contribution in [0.15, 0.2) is 36.7 Å². The van der Waals surface area contributed by atoms with Gasteiger partial charge in [-0.05, 0) is 77.3 Å². The van der Waals surface area contributed by atoms with E-state index in [0.717, 1.165) is 53.5 Å². The number of aromatic carboxylic acids is 1. The molecule has 10 nitrogen and oxygen atoms in total. The first kappa shape index (κ1) is 33.5. The fourth-order valence-electron chi connectivity index (χ4n) is 6.51. The second-order valence-electron chi connectivity index (χ2n) is 13.1. The monoisotopic (exact) mass is 644 g/mol. The van der Waals surface area contributed by atoms with Crippen molar-refractivity contribution in [1.82, 2.24) is 24.5 Å². The molecular formula is C33H43F3N6O4. The number of anilines is 1. The van der Waals surface area contributed by atoms with Crippen LogP contribution in [0, 0.1) is 6.92 Å². The number of carboxylic acids is 1. The number of ether oxygens (including phenoxy) is 1. The van der Waals surface area contributed by atoms with E-state index in [1.165, 1.54) is 0 Å². The zero-order valence-corrected chi connectivity index (χ0v) is 27.0. The number of carbonyl (C=O) groups is 2. The van der Waals surface area contributed by atoms with Gasteiger partial charge in [-0.25, -0.2) is 27.7 Å². The summed E-state index contributed by atoms with van der Waals surface area (Å²) in [5, 5.41) is 13.0. The van der Waals surface area contributed by atoms with Crippen molar-refractivity contribution in [3.63, 3.8) is 0 Å². The lowest BCUT2D eigenvalue weighted by molar-refractivity contribution is -0.0688. The molecule has 3 aromatic heterocycles. The largest absolute Gasteiger partial charge is 0.478 e. The second kappa shape index (κ2) is 13.5. The number of nitrogens with one attached hydrogen (secondary N) is 1. The van der Waals surface area contributed by atoms with Gasteiger partial charge >= 0.3 is 12.1 Å². The number of rotatable bonds is 8. The number of alkyl carbamates (subject to hydrolysis) is 1. The van der Waals surface area contributed by atoms with E-state index in [-0.39, 0.29) is 30.7 Å². The normalized spacial score (nSPS) is 18.6. The summed E-state index contributed by atoms with van der Waals surface area (Å²) in [4.78, 5) is 34.6. The first-order valence-electron chi connectivity index (χ1n) is 15.7. The van der Waals surface area contributed by atoms with Gasteiger partial charge in [0, 0.05) is 80.6 Å². The minimum Gasteiger partial charge on any atom is -0.478 e. The molecule has 5 rings (SSSR count). The molecule has 2 aliphatic heterocycles. The third-order valence-electron chi connectivity index (χ3n) is 8.93. The van der Waals surface area contributed by atoms with Crippen molar-refractivity contribution >= 4 is 23.4 Å². The van der Waals surface area contributed by atoms with Crippen LogP contribution in [-0.4, -0.2) is 100.0 Å². The third-order valence-corrected chi connectivity index (χ3v) is 8.93. The number of halogens is 3. The Balaban J connectivity index is 1.33. The molecular weight excluding hydrogens is 601 g/mol. The SMILES string of the molecule is Cc1c(C(=O)O)cc2c(-c3ccc(N4CCC(NC(=O)OC(C)(C)C)CC4)nc3)ccn2c1C(C)N1CCN(C(F)C(F)F)CC1. The number of piperidine rings is 1. The van der Waals surface area contributed by atoms with Crippen LogP contribution in [0.4, 0.5) is 23.8 Å². The highest BCUT2D eigenvalue weighted by Crippen LogP contribution is 2.34. The number of aromatic nitrogens is 2. The van der Waals surface area contributed by atoms with Gasteiger partial charge in [0.15, 0.2) is 0 Å². The van der Waals surface area contributed by atoms with E-state index in [4.69, 9.17) is 9.72 Å². The Bertz CT molecular complexity index is 1540. The van der Waals surface area contributed by atoms with E-state index in [1.54, 1.807) is 19.2 Å². The fraction of sp³-hybridized carbons (Fsp3) is 0.545. The third kappa shape index (κ3) is 7.25. The van der Waals surface area contributed by atoms with Crippen LogP contribution in [-0.2, 0) is 4.74 Å². The van der Waals surface area contributed by atoms with E-state index in [0.29, 0.717) is 24.2 Å². The van der Waals surface area contributed by atoms with Gasteiger partial charge in [0.05, 0.1) is 11.1 Å². The summed E-state index contributed by atoms with van der Waals surface area (Å²) < 4.78 is 47.1. The van der Waals surface area contributed by atoms with Crippen molar-refractivity contribution in [3.05, 3.63) is 53.5 Å². The molecule has 13 heteroatoms. The van der Waals surface area contributed by atoms with Crippen molar-refractivity contribution in [2.75, 3.05) is 44.2 Å². The number of carboxylic acid groups (broad SMARTS) is 1. The van der Waals surface area contributed by atoms with Gasteiger partial charge < -0.3 is 24.5 Å². The summed E-state index contributed by atoms with van der Waals surface area (Å²) in [6, 6.07) is 7.32. The van der Waals surface area contributed by atoms with E-state index >= 15 is 0 Å². The number of nitrogens with zero attached hydrogens (tertiary/aromatic N) is 5. The summed E-state index contributed by atoms with van der Waals surface area (Å²) >= 11 is 0. The lowest BCUT2D eigenvalue weighted by Crippen LogP contribution is -2.51. The molecule has 0 bridgehead atoms. The van der Waals surface area contributed by atoms with Gasteiger partial charge in [-0.2, -0.15) is 0 Å². The molecule has 1 amide bonds. The summed E-state index contributed by atoms with van der Waals surface area (Å²) in [5.41, 5.74) is 3.42. The Morgan fingerprint density at radius 1 is 1.02 bits per heavy atom. The van der Waals surface area contributed by atoms with Gasteiger partial charge in [0.25, 0.3) is 6.43 Å². The molecule has 0 saturated carbocycles. The Morgan fingerprint density at radius 2 is 1.67 bits per heavy atom. The lowest BCUT2D eigenvalue weighted by atomic mass is 9.99. The smallest absolute Gasteiger partial charge is 0.407 e. The second-order valence-corrected chi connectivity index (χ2v) is 13.1. The highest BCUT2D eigenvalue weighted by atomic mass is 19.3. The van der Waals surface area contributed by atoms with Crippen LogP contribution in [0.3, 0.4) is 0 Å². The Kier molecular flexibility index (Phi) is 9.83. The van der Waals surface area contributed by atoms with Crippen molar-refractivity contribution in [2.45, 2.75) is 77.9 Å². The Labute approximate surface area is 267 Å². The lowest BCUT2D eigenvalue weighted by Gasteiger charge is -2.39. The van der Waals surface area contributed by atoms with E-state index in [1.807, 2.05) is 56.5 Å². The standard InChI is InChI=1S/C33H43F3N6O4/c1-20-25(31(43)44)18-26-24(10-13-42(26)28(20)21(2)39-14-16-41(17-15-39)30(36)29(34)35)22-6-7-27(37-19-22)40-11-8-23(9-12-40)38-32(45)46-33(3,4)5/h6-7,10,13,18-19,21,23,29-30H,8-9,11-12,14-17H2,1-5H3,(H,38,45)(H,43,44). The Morgan fingerprint density at radius 3 is 2.24 bits per heavy atom. The topological polar surface area (TPSA) is 103 Å². The molecule has 3 aromatic rings. The number of piperazine rings is 1. The van der Waals surface area contributed by atoms with Crippen LogP contribution < -0.4 is 10.2 Å². The highest BCUT2D eigenvalue weighted by Gasteiger charge is 2.33. The molecule has 46 heavy (non-hydrogen) atoms. The molecule has 0 radical (unpaired) electrons. The van der Waals surface area contributed by atoms with Gasteiger partial charge in [-0.3, -0.25) is 9.80 Å². The molecule has 2 atom stereocenters. The molecule has 2 saturated heterocycles. The average Bonchev–Trinajstić information content (AvgIpc) is 3.43. The molecule has 2 N–H and O–H groups in total. The number of hydrogen-bond acceptors (Lipinski definition) is 7. The first-order chi connectivity index (χ1) is 21.7. The molecule has 2 fully saturated rings. The van der Waals surface area contributed by atoms with Gasteiger partial charge in [0.1, 0.15) is 11.4 Å². The van der Waals surface area contributed by atoms with Crippen molar-refractivity contribution in [3.8, 4) is 11.1 Å². The van der Waals surface area contributed by atoms with Crippen molar-refractivity contribution in [2.24, 2.45) is 0 Å². The summed E-state index contributed by atoms with van der Waals surface area (Å²) in [5.74, 6) is -0.221. The van der Waals surface area contributed by atoms with Crippen molar-refractivity contribution < 1.29 is 32.6 Å². The van der Waals surface area contributed by atoms with Crippen LogP contribution in [0.25, 0.3) is 16.6 Å². The first-order valence-corrected chi connectivity index (χ1v) is 15.7. The Hall–Kier alpha value is -3.84. The van der Waals surface area contributed by atoms with Gasteiger partial charge in [-0.15, -0.1) is 0 Å². The van der Waals surface area contributed by atoms with Gasteiger partial charge in [0.2, 0.25) is 6.30 Å². The van der Waals surface area contributed by atoms with Crippen molar-refractivity contribution in [1.29, 1.82) is 0 Å². The van der Waals surface area contributed by atoms with E-state index in [9.17, 15) is 27.9 Å². The zero-order chi connectivity index (χ0) is 33.3. The number of carbonyl (C=O) groups excluding carboxylic acids is 1. The average molecular weight is 645 g/mol. The predicted molar refractivity (Wildman–Crippen MR) is 169 cm³/mol. The molecule has 2 unspecified atom stereocenters. The van der Waals surface area contributed by atoms with Crippen LogP contribution in [0.2, 0.25) is 0 Å². The van der Waals surface area contributed by atoms with E-state index in [2.05, 4.69) is 15.1 Å². The minimum atomic E-state index is -3.06. The molecule has 0 spiro atoms. The van der Waals surface area contributed by atoms with Crippen LogP contribution >= 0.6 is 0 Å². The summed E-state index contributed by atoms with van der Waals surface area (Å²) in [6.07, 6.45) is -0.525. The molecule has 5 heterocycles. The molecule has 0 aliphatic carbocycles. The quantitative estimate of drug-likeness (QED) is 0.300. The fourth-order valence-corrected chi connectivity index (χ4v) is 6.51. The van der Waals surface area contributed by atoms with Gasteiger partial charge in [-0.1, -0.05) is 0 Å². The minimum absolute atomic E-state index is 0.0312.